The van der Waals surface area contributed by atoms with Gasteiger partial charge in [-0.2, -0.15) is 0 Å². The molecule has 0 aromatic heterocycles. The van der Waals surface area contributed by atoms with Crippen LogP contribution in [0.15, 0.2) is 47.4 Å². The Bertz CT molecular complexity index is 728. The molecule has 3 rings (SSSR count). The Balaban J connectivity index is 1.94. The zero-order valence-corrected chi connectivity index (χ0v) is 14.6. The fraction of sp³-hybridized carbons (Fsp3) is 0.278. The molecule has 0 spiro atoms. The molecule has 0 unspecified atom stereocenters. The number of methoxy groups -OCH3 is 1. The molecule has 1 aliphatic heterocycles. The summed E-state index contributed by atoms with van der Waals surface area (Å²) in [7, 11) is 3.41. The van der Waals surface area contributed by atoms with Crippen LogP contribution >= 0.6 is 11.9 Å². The Morgan fingerprint density at radius 3 is 2.39 bits per heavy atom. The molecule has 1 heterocycles. The summed E-state index contributed by atoms with van der Waals surface area (Å²) in [5, 5.41) is 0. The van der Waals surface area contributed by atoms with Gasteiger partial charge in [0.1, 0.15) is 5.75 Å². The van der Waals surface area contributed by atoms with Gasteiger partial charge in [0.15, 0.2) is 0 Å². The molecule has 2 amide bonds. The van der Waals surface area contributed by atoms with Gasteiger partial charge in [-0.15, -0.1) is 0 Å². The quantitative estimate of drug-likeness (QED) is 0.751. The molecule has 0 saturated heterocycles. The van der Waals surface area contributed by atoms with Gasteiger partial charge in [-0.1, -0.05) is 26.0 Å². The van der Waals surface area contributed by atoms with E-state index < -0.39 is 0 Å². The average molecular weight is 328 g/mol. The first kappa shape index (κ1) is 15.7. The number of anilines is 2. The van der Waals surface area contributed by atoms with Crippen molar-refractivity contribution in [1.29, 1.82) is 0 Å². The standard InChI is InChI=1S/C18H20N2O2S/c1-12(2)13-5-7-14(8-6-13)20-18(21)19(3)16-11-15(22-4)9-10-17(16)23-20/h5-12H,1-4H3. The van der Waals surface area contributed by atoms with E-state index in [0.717, 1.165) is 22.0 Å². The highest BCUT2D eigenvalue weighted by Gasteiger charge is 2.30. The summed E-state index contributed by atoms with van der Waals surface area (Å²) in [5.41, 5.74) is 3.02. The lowest BCUT2D eigenvalue weighted by Crippen LogP contribution is -2.40. The van der Waals surface area contributed by atoms with E-state index in [1.807, 2.05) is 30.3 Å². The molecule has 0 fully saturated rings. The lowest BCUT2D eigenvalue weighted by atomic mass is 10.0. The molecule has 1 aliphatic rings. The molecule has 2 aromatic carbocycles. The van der Waals surface area contributed by atoms with E-state index in [0.29, 0.717) is 5.92 Å². The van der Waals surface area contributed by atoms with Crippen LogP contribution in [0.25, 0.3) is 0 Å². The minimum Gasteiger partial charge on any atom is -0.497 e. The van der Waals surface area contributed by atoms with Gasteiger partial charge in [-0.05, 0) is 47.7 Å². The average Bonchev–Trinajstić information content (AvgIpc) is 2.58. The lowest BCUT2D eigenvalue weighted by molar-refractivity contribution is 0.255. The first-order valence-electron chi connectivity index (χ1n) is 7.55. The second-order valence-corrected chi connectivity index (χ2v) is 6.79. The van der Waals surface area contributed by atoms with E-state index >= 15 is 0 Å². The normalized spacial score (nSPS) is 14.2. The molecule has 120 valence electrons. The summed E-state index contributed by atoms with van der Waals surface area (Å²) >= 11 is 1.44. The van der Waals surface area contributed by atoms with E-state index in [1.54, 1.807) is 23.4 Å². The van der Waals surface area contributed by atoms with Crippen LogP contribution in [-0.4, -0.2) is 20.2 Å². The van der Waals surface area contributed by atoms with Crippen molar-refractivity contribution in [2.45, 2.75) is 24.7 Å². The predicted octanol–water partition coefficient (Wildman–Crippen LogP) is 4.90. The van der Waals surface area contributed by atoms with Crippen molar-refractivity contribution in [3.8, 4) is 5.75 Å². The molecule has 5 heteroatoms. The minimum absolute atomic E-state index is 0.0620. The summed E-state index contributed by atoms with van der Waals surface area (Å²) in [5.74, 6) is 1.23. The second-order valence-electron chi connectivity index (χ2n) is 5.81. The van der Waals surface area contributed by atoms with Gasteiger partial charge in [0, 0.05) is 13.1 Å². The smallest absolute Gasteiger partial charge is 0.339 e. The number of amides is 2. The lowest BCUT2D eigenvalue weighted by Gasteiger charge is -2.33. The zero-order chi connectivity index (χ0) is 16.6. The van der Waals surface area contributed by atoms with Crippen molar-refractivity contribution >= 4 is 29.4 Å². The van der Waals surface area contributed by atoms with Crippen molar-refractivity contribution in [3.05, 3.63) is 48.0 Å². The number of urea groups is 1. The molecule has 23 heavy (non-hydrogen) atoms. The van der Waals surface area contributed by atoms with E-state index in [9.17, 15) is 4.79 Å². The monoisotopic (exact) mass is 328 g/mol. The summed E-state index contributed by atoms with van der Waals surface area (Å²) in [6.07, 6.45) is 0. The zero-order valence-electron chi connectivity index (χ0n) is 13.7. The van der Waals surface area contributed by atoms with Gasteiger partial charge in [-0.25, -0.2) is 9.10 Å². The third-order valence-corrected chi connectivity index (χ3v) is 5.06. The molecule has 0 atom stereocenters. The molecule has 0 aliphatic carbocycles. The maximum Gasteiger partial charge on any atom is 0.339 e. The number of hydrogen-bond acceptors (Lipinski definition) is 3. The van der Waals surface area contributed by atoms with Crippen LogP contribution in [0.2, 0.25) is 0 Å². The van der Waals surface area contributed by atoms with Crippen LogP contribution in [0, 0.1) is 0 Å². The highest BCUT2D eigenvalue weighted by atomic mass is 32.2. The third-order valence-electron chi connectivity index (χ3n) is 3.97. The topological polar surface area (TPSA) is 32.8 Å². The Morgan fingerprint density at radius 2 is 1.78 bits per heavy atom. The summed E-state index contributed by atoms with van der Waals surface area (Å²) in [6.45, 7) is 4.32. The number of hydrogen-bond donors (Lipinski definition) is 0. The number of rotatable bonds is 3. The first-order valence-corrected chi connectivity index (χ1v) is 8.32. The van der Waals surface area contributed by atoms with Crippen molar-refractivity contribution in [2.75, 3.05) is 23.4 Å². The fourth-order valence-corrected chi connectivity index (χ4v) is 3.54. The fourth-order valence-electron chi connectivity index (χ4n) is 2.50. The number of benzene rings is 2. The van der Waals surface area contributed by atoms with Crippen LogP contribution in [0.5, 0.6) is 5.75 Å². The van der Waals surface area contributed by atoms with E-state index in [4.69, 9.17) is 4.74 Å². The highest BCUT2D eigenvalue weighted by molar-refractivity contribution is 8.01. The van der Waals surface area contributed by atoms with E-state index in [1.165, 1.54) is 17.5 Å². The number of ether oxygens (including phenoxy) is 1. The van der Waals surface area contributed by atoms with Gasteiger partial charge in [-0.3, -0.25) is 4.90 Å². The molecule has 0 radical (unpaired) electrons. The van der Waals surface area contributed by atoms with Crippen LogP contribution in [0.4, 0.5) is 16.2 Å². The van der Waals surface area contributed by atoms with Crippen molar-refractivity contribution in [3.63, 3.8) is 0 Å². The van der Waals surface area contributed by atoms with Crippen LogP contribution in [-0.2, 0) is 0 Å². The van der Waals surface area contributed by atoms with Crippen LogP contribution in [0.1, 0.15) is 25.3 Å². The molecule has 0 N–H and O–H groups in total. The van der Waals surface area contributed by atoms with Crippen molar-refractivity contribution < 1.29 is 9.53 Å². The summed E-state index contributed by atoms with van der Waals surface area (Å²) in [6, 6.07) is 13.9. The molecular formula is C18H20N2O2S. The molecule has 2 aromatic rings. The molecule has 0 saturated carbocycles. The first-order chi connectivity index (χ1) is 11.0. The predicted molar refractivity (Wildman–Crippen MR) is 95.7 cm³/mol. The van der Waals surface area contributed by atoms with Gasteiger partial charge in [0.05, 0.1) is 23.4 Å². The Kier molecular flexibility index (Phi) is 4.22. The third kappa shape index (κ3) is 2.88. The highest BCUT2D eigenvalue weighted by Crippen LogP contribution is 2.42. The largest absolute Gasteiger partial charge is 0.497 e. The van der Waals surface area contributed by atoms with Crippen molar-refractivity contribution in [1.82, 2.24) is 0 Å². The summed E-state index contributed by atoms with van der Waals surface area (Å²) < 4.78 is 6.97. The maximum atomic E-state index is 12.7. The van der Waals surface area contributed by atoms with Gasteiger partial charge >= 0.3 is 6.03 Å². The number of fused-ring (bicyclic) bond motifs is 1. The Labute approximate surface area is 141 Å². The maximum absolute atomic E-state index is 12.7. The summed E-state index contributed by atoms with van der Waals surface area (Å²) in [4.78, 5) is 15.4. The van der Waals surface area contributed by atoms with Crippen LogP contribution in [0.3, 0.4) is 0 Å². The minimum atomic E-state index is -0.0620. The van der Waals surface area contributed by atoms with Gasteiger partial charge in [0.2, 0.25) is 0 Å². The Hall–Kier alpha value is -2.14. The second kappa shape index (κ2) is 6.16. The van der Waals surface area contributed by atoms with Gasteiger partial charge in [0.25, 0.3) is 0 Å². The molecular weight excluding hydrogens is 308 g/mol. The SMILES string of the molecule is COc1ccc2c(c1)N(C)C(=O)N(c1ccc(C(C)C)cc1)S2. The Morgan fingerprint density at radius 1 is 1.09 bits per heavy atom. The van der Waals surface area contributed by atoms with Crippen LogP contribution < -0.4 is 13.9 Å². The number of nitrogens with zero attached hydrogens (tertiary/aromatic N) is 2. The number of carbonyl (C=O) groups is 1. The molecule has 4 nitrogen and oxygen atoms in total. The van der Waals surface area contributed by atoms with E-state index in [2.05, 4.69) is 26.0 Å². The molecule has 0 bridgehead atoms. The van der Waals surface area contributed by atoms with Gasteiger partial charge < -0.3 is 4.74 Å². The number of carbonyl (C=O) groups excluding carboxylic acids is 1. The van der Waals surface area contributed by atoms with E-state index in [-0.39, 0.29) is 6.03 Å². The van der Waals surface area contributed by atoms with Crippen molar-refractivity contribution in [2.24, 2.45) is 0 Å².